The van der Waals surface area contributed by atoms with Gasteiger partial charge in [-0.25, -0.2) is 0 Å². The molecule has 15 heavy (non-hydrogen) atoms. The van der Waals surface area contributed by atoms with E-state index in [2.05, 4.69) is 32.0 Å². The van der Waals surface area contributed by atoms with Crippen LogP contribution in [0.5, 0.6) is 0 Å². The molecule has 1 heteroatoms. The fraction of sp³-hybridized carbons (Fsp3) is 0.500. The maximum atomic E-state index is 11.5. The zero-order valence-electron chi connectivity index (χ0n) is 9.55. The number of benzene rings is 1. The van der Waals surface area contributed by atoms with Crippen LogP contribution >= 0.6 is 0 Å². The molecule has 0 radical (unpaired) electrons. The number of carbonyl (C=O) groups is 1. The highest BCUT2D eigenvalue weighted by atomic mass is 16.1. The van der Waals surface area contributed by atoms with Gasteiger partial charge < -0.3 is 0 Å². The van der Waals surface area contributed by atoms with Crippen LogP contribution in [0, 0.1) is 19.8 Å². The van der Waals surface area contributed by atoms with Gasteiger partial charge >= 0.3 is 0 Å². The van der Waals surface area contributed by atoms with Gasteiger partial charge in [-0.15, -0.1) is 0 Å². The first kappa shape index (κ1) is 10.4. The van der Waals surface area contributed by atoms with E-state index < -0.39 is 0 Å². The van der Waals surface area contributed by atoms with Crippen LogP contribution in [-0.2, 0) is 11.2 Å². The Kier molecular flexibility index (Phi) is 2.90. The lowest BCUT2D eigenvalue weighted by atomic mass is 9.95. The number of ketones is 1. The highest BCUT2D eigenvalue weighted by Gasteiger charge is 2.24. The average molecular weight is 202 g/mol. The van der Waals surface area contributed by atoms with Crippen LogP contribution in [0.15, 0.2) is 18.2 Å². The smallest absolute Gasteiger partial charge is 0.136 e. The molecule has 0 saturated heterocycles. The molecule has 1 unspecified atom stereocenters. The summed E-state index contributed by atoms with van der Waals surface area (Å²) in [5.74, 6) is 0.764. The van der Waals surface area contributed by atoms with E-state index in [-0.39, 0.29) is 0 Å². The van der Waals surface area contributed by atoms with Crippen LogP contribution in [-0.4, -0.2) is 5.78 Å². The summed E-state index contributed by atoms with van der Waals surface area (Å²) in [7, 11) is 0. The van der Waals surface area contributed by atoms with Gasteiger partial charge in [0, 0.05) is 12.3 Å². The molecule has 1 aliphatic rings. The van der Waals surface area contributed by atoms with Crippen molar-refractivity contribution < 1.29 is 4.79 Å². The molecule has 1 aromatic carbocycles. The van der Waals surface area contributed by atoms with Gasteiger partial charge in [0.25, 0.3) is 0 Å². The van der Waals surface area contributed by atoms with Crippen molar-refractivity contribution in [2.24, 2.45) is 5.92 Å². The second-order valence-corrected chi connectivity index (χ2v) is 4.68. The quantitative estimate of drug-likeness (QED) is 0.719. The Bertz CT molecular complexity index is 379. The molecule has 1 nitrogen and oxygen atoms in total. The summed E-state index contributed by atoms with van der Waals surface area (Å²) < 4.78 is 0. The molecular formula is C14H18O. The third-order valence-electron chi connectivity index (χ3n) is 3.48. The Hall–Kier alpha value is -1.11. The van der Waals surface area contributed by atoms with Gasteiger partial charge in [-0.05, 0) is 49.8 Å². The first-order valence-corrected chi connectivity index (χ1v) is 5.75. The van der Waals surface area contributed by atoms with Crippen molar-refractivity contribution in [1.29, 1.82) is 0 Å². The average Bonchev–Trinajstić information content (AvgIpc) is 2.59. The summed E-state index contributed by atoms with van der Waals surface area (Å²) >= 11 is 0. The monoisotopic (exact) mass is 202 g/mol. The normalized spacial score (nSPS) is 20.9. The molecule has 1 atom stereocenters. The molecular weight excluding hydrogens is 184 g/mol. The number of aryl methyl sites for hydroxylation is 2. The molecule has 0 bridgehead atoms. The number of Topliss-reactive ketones (excluding diaryl/α,β-unsaturated/α-hetero) is 1. The van der Waals surface area contributed by atoms with Gasteiger partial charge in [0.1, 0.15) is 5.78 Å². The molecule has 0 aliphatic heterocycles. The standard InChI is InChI=1S/C14H18O/c1-10-6-7-12(8-11(10)2)9-13-4-3-5-14(13)15/h6-8,13H,3-5,9H2,1-2H3. The zero-order valence-corrected chi connectivity index (χ0v) is 9.55. The summed E-state index contributed by atoms with van der Waals surface area (Å²) in [6.07, 6.45) is 3.93. The van der Waals surface area contributed by atoms with Crippen molar-refractivity contribution >= 4 is 5.78 Å². The molecule has 0 aromatic heterocycles. The highest BCUT2D eigenvalue weighted by Crippen LogP contribution is 2.25. The van der Waals surface area contributed by atoms with Crippen LogP contribution in [0.3, 0.4) is 0 Å². The molecule has 80 valence electrons. The zero-order chi connectivity index (χ0) is 10.8. The highest BCUT2D eigenvalue weighted by molar-refractivity contribution is 5.83. The SMILES string of the molecule is Cc1ccc(CC2CCCC2=O)cc1C. The molecule has 0 heterocycles. The van der Waals surface area contributed by atoms with E-state index in [9.17, 15) is 4.79 Å². The maximum Gasteiger partial charge on any atom is 0.136 e. The van der Waals surface area contributed by atoms with Gasteiger partial charge in [-0.1, -0.05) is 18.2 Å². The Morgan fingerprint density at radius 3 is 2.67 bits per heavy atom. The lowest BCUT2D eigenvalue weighted by molar-refractivity contribution is -0.120. The van der Waals surface area contributed by atoms with Crippen molar-refractivity contribution in [2.75, 3.05) is 0 Å². The fourth-order valence-corrected chi connectivity index (χ4v) is 2.32. The van der Waals surface area contributed by atoms with E-state index in [4.69, 9.17) is 0 Å². The number of hydrogen-bond donors (Lipinski definition) is 0. The van der Waals surface area contributed by atoms with E-state index in [1.165, 1.54) is 16.7 Å². The first-order chi connectivity index (χ1) is 7.16. The largest absolute Gasteiger partial charge is 0.299 e. The van der Waals surface area contributed by atoms with Crippen molar-refractivity contribution in [2.45, 2.75) is 39.5 Å². The van der Waals surface area contributed by atoms with Gasteiger partial charge in [0.2, 0.25) is 0 Å². The van der Waals surface area contributed by atoms with Gasteiger partial charge in [-0.2, -0.15) is 0 Å². The van der Waals surface area contributed by atoms with Gasteiger partial charge in [0.15, 0.2) is 0 Å². The Morgan fingerprint density at radius 2 is 2.07 bits per heavy atom. The van der Waals surface area contributed by atoms with Crippen LogP contribution in [0.2, 0.25) is 0 Å². The minimum absolute atomic E-state index is 0.298. The number of hydrogen-bond acceptors (Lipinski definition) is 1. The molecule has 1 aliphatic carbocycles. The van der Waals surface area contributed by atoms with E-state index in [1.807, 2.05) is 0 Å². The Morgan fingerprint density at radius 1 is 1.27 bits per heavy atom. The predicted molar refractivity (Wildman–Crippen MR) is 62.0 cm³/mol. The van der Waals surface area contributed by atoms with Crippen molar-refractivity contribution in [1.82, 2.24) is 0 Å². The first-order valence-electron chi connectivity index (χ1n) is 5.75. The summed E-state index contributed by atoms with van der Waals surface area (Å²) in [4.78, 5) is 11.5. The van der Waals surface area contributed by atoms with E-state index in [0.29, 0.717) is 11.7 Å². The maximum absolute atomic E-state index is 11.5. The van der Waals surface area contributed by atoms with E-state index >= 15 is 0 Å². The Balaban J connectivity index is 2.10. The van der Waals surface area contributed by atoms with Gasteiger partial charge in [0.05, 0.1) is 0 Å². The lowest BCUT2D eigenvalue weighted by Gasteiger charge is -2.09. The minimum atomic E-state index is 0.298. The summed E-state index contributed by atoms with van der Waals surface area (Å²) in [6.45, 7) is 4.26. The molecule has 2 rings (SSSR count). The fourth-order valence-electron chi connectivity index (χ4n) is 2.32. The second kappa shape index (κ2) is 4.18. The summed E-state index contributed by atoms with van der Waals surface area (Å²) in [5, 5.41) is 0. The lowest BCUT2D eigenvalue weighted by Crippen LogP contribution is -2.09. The van der Waals surface area contributed by atoms with Gasteiger partial charge in [-0.3, -0.25) is 4.79 Å². The molecule has 0 spiro atoms. The van der Waals surface area contributed by atoms with Crippen LogP contribution in [0.1, 0.15) is 36.0 Å². The summed E-state index contributed by atoms with van der Waals surface area (Å²) in [6, 6.07) is 6.54. The Labute approximate surface area is 91.5 Å². The van der Waals surface area contributed by atoms with E-state index in [0.717, 1.165) is 25.7 Å². The van der Waals surface area contributed by atoms with E-state index in [1.54, 1.807) is 0 Å². The molecule has 1 fully saturated rings. The molecule has 1 saturated carbocycles. The molecule has 1 aromatic rings. The second-order valence-electron chi connectivity index (χ2n) is 4.68. The van der Waals surface area contributed by atoms with Crippen molar-refractivity contribution in [3.63, 3.8) is 0 Å². The van der Waals surface area contributed by atoms with Crippen molar-refractivity contribution in [3.05, 3.63) is 34.9 Å². The summed E-state index contributed by atoms with van der Waals surface area (Å²) in [5.41, 5.74) is 3.98. The molecule has 0 amide bonds. The topological polar surface area (TPSA) is 17.1 Å². The third kappa shape index (κ3) is 2.28. The predicted octanol–water partition coefficient (Wildman–Crippen LogP) is 3.22. The molecule has 0 N–H and O–H groups in total. The number of rotatable bonds is 2. The van der Waals surface area contributed by atoms with Crippen LogP contribution < -0.4 is 0 Å². The minimum Gasteiger partial charge on any atom is -0.299 e. The third-order valence-corrected chi connectivity index (χ3v) is 3.48. The van der Waals surface area contributed by atoms with Crippen LogP contribution in [0.25, 0.3) is 0 Å². The van der Waals surface area contributed by atoms with Crippen LogP contribution in [0.4, 0.5) is 0 Å². The van der Waals surface area contributed by atoms with Crippen molar-refractivity contribution in [3.8, 4) is 0 Å². The number of carbonyl (C=O) groups excluding carboxylic acids is 1.